The number of carboxylic acid groups (broad SMARTS) is 1. The molecule has 1 fully saturated rings. The predicted octanol–water partition coefficient (Wildman–Crippen LogP) is 1.59. The molecular formula is C22H31F3N4O4. The maximum atomic E-state index is 12.6. The minimum absolute atomic E-state index is 0.0156. The minimum atomic E-state index is -5.08. The van der Waals surface area contributed by atoms with Gasteiger partial charge in [-0.05, 0) is 50.2 Å². The van der Waals surface area contributed by atoms with Crippen molar-refractivity contribution in [2.45, 2.75) is 31.9 Å². The maximum Gasteiger partial charge on any atom is 0.490 e. The molecule has 2 aliphatic heterocycles. The van der Waals surface area contributed by atoms with Crippen molar-refractivity contribution >= 4 is 17.7 Å². The Hall–Kier alpha value is -2.50. The number of rotatable bonds is 5. The first-order valence-corrected chi connectivity index (χ1v) is 10.8. The highest BCUT2D eigenvalue weighted by atomic mass is 19.4. The van der Waals surface area contributed by atoms with Crippen LogP contribution in [0.3, 0.4) is 0 Å². The van der Waals surface area contributed by atoms with Gasteiger partial charge in [-0.2, -0.15) is 13.2 Å². The third-order valence-corrected chi connectivity index (χ3v) is 5.74. The van der Waals surface area contributed by atoms with Crippen LogP contribution < -0.4 is 5.32 Å². The summed E-state index contributed by atoms with van der Waals surface area (Å²) in [5, 5.41) is 14.3. The molecule has 2 N–H and O–H groups in total. The van der Waals surface area contributed by atoms with E-state index in [1.165, 1.54) is 11.1 Å². The third kappa shape index (κ3) is 8.41. The molecule has 0 saturated carbocycles. The summed E-state index contributed by atoms with van der Waals surface area (Å²) in [6.07, 6.45) is -2.58. The molecule has 0 radical (unpaired) electrons. The fraction of sp³-hybridized carbons (Fsp3) is 0.591. The van der Waals surface area contributed by atoms with Crippen LogP contribution >= 0.6 is 0 Å². The van der Waals surface area contributed by atoms with Gasteiger partial charge in [0.25, 0.3) is 0 Å². The molecule has 2 aliphatic rings. The molecule has 1 amide bonds. The van der Waals surface area contributed by atoms with Crippen molar-refractivity contribution in [2.75, 3.05) is 53.4 Å². The zero-order valence-corrected chi connectivity index (χ0v) is 19.0. The standard InChI is InChI=1S/C20H30N4O2.C2HF3O2/c1-22-11-13-24(14-12-22)23(2)20(26)6-5-19(25)18-4-3-16-7-9-21-10-8-17(16)15-18;3-2(4,5)1(6)7/h3-4,15,21H,5-14H2,1-2H3;(H,6,7). The molecule has 33 heavy (non-hydrogen) atoms. The van der Waals surface area contributed by atoms with Crippen LogP contribution in [0, 0.1) is 0 Å². The number of hydrogen-bond acceptors (Lipinski definition) is 6. The van der Waals surface area contributed by atoms with E-state index in [1.54, 1.807) is 5.01 Å². The molecule has 2 heterocycles. The Kier molecular flexibility index (Phi) is 9.81. The molecule has 0 aromatic heterocycles. The number of carboxylic acids is 1. The summed E-state index contributed by atoms with van der Waals surface area (Å²) in [6.45, 7) is 5.57. The van der Waals surface area contributed by atoms with E-state index in [0.29, 0.717) is 0 Å². The van der Waals surface area contributed by atoms with Gasteiger partial charge in [0.05, 0.1) is 0 Å². The lowest BCUT2D eigenvalue weighted by atomic mass is 9.97. The number of fused-ring (bicyclic) bond motifs is 1. The molecule has 0 bridgehead atoms. The molecule has 0 aliphatic carbocycles. The van der Waals surface area contributed by atoms with Gasteiger partial charge >= 0.3 is 12.1 Å². The van der Waals surface area contributed by atoms with Crippen LogP contribution in [-0.2, 0) is 22.4 Å². The van der Waals surface area contributed by atoms with E-state index in [9.17, 15) is 22.8 Å². The summed E-state index contributed by atoms with van der Waals surface area (Å²) in [4.78, 5) is 36.2. The molecular weight excluding hydrogens is 441 g/mol. The number of carbonyl (C=O) groups is 3. The monoisotopic (exact) mass is 472 g/mol. The molecule has 3 rings (SSSR count). The first kappa shape index (κ1) is 26.7. The van der Waals surface area contributed by atoms with Gasteiger partial charge in [0.1, 0.15) is 0 Å². The number of benzene rings is 1. The zero-order valence-electron chi connectivity index (χ0n) is 19.0. The summed E-state index contributed by atoms with van der Waals surface area (Å²) in [6, 6.07) is 6.02. The third-order valence-electron chi connectivity index (χ3n) is 5.74. The number of Topliss-reactive ketones (excluding diaryl/α,β-unsaturated/α-hetero) is 1. The van der Waals surface area contributed by atoms with Gasteiger partial charge in [-0.3, -0.25) is 14.6 Å². The number of nitrogens with zero attached hydrogens (tertiary/aromatic N) is 3. The highest BCUT2D eigenvalue weighted by Crippen LogP contribution is 2.17. The molecule has 1 aromatic rings. The van der Waals surface area contributed by atoms with Crippen molar-refractivity contribution in [2.24, 2.45) is 0 Å². The predicted molar refractivity (Wildman–Crippen MR) is 116 cm³/mol. The maximum absolute atomic E-state index is 12.6. The summed E-state index contributed by atoms with van der Waals surface area (Å²) >= 11 is 0. The van der Waals surface area contributed by atoms with E-state index in [2.05, 4.69) is 28.3 Å². The van der Waals surface area contributed by atoms with Gasteiger partial charge in [-0.1, -0.05) is 12.1 Å². The van der Waals surface area contributed by atoms with E-state index in [1.807, 2.05) is 19.2 Å². The van der Waals surface area contributed by atoms with Gasteiger partial charge < -0.3 is 15.3 Å². The summed E-state index contributed by atoms with van der Waals surface area (Å²) in [5.41, 5.74) is 3.33. The number of likely N-dealkylation sites (N-methyl/N-ethyl adjacent to an activating group) is 1. The summed E-state index contributed by atoms with van der Waals surface area (Å²) in [5.74, 6) is -2.68. The van der Waals surface area contributed by atoms with E-state index in [-0.39, 0.29) is 24.5 Å². The van der Waals surface area contributed by atoms with Crippen LogP contribution in [0.2, 0.25) is 0 Å². The topological polar surface area (TPSA) is 93.2 Å². The number of nitrogens with one attached hydrogen (secondary N) is 1. The minimum Gasteiger partial charge on any atom is -0.475 e. The van der Waals surface area contributed by atoms with Crippen LogP contribution in [0.4, 0.5) is 13.2 Å². The Balaban J connectivity index is 0.000000479. The smallest absolute Gasteiger partial charge is 0.475 e. The van der Waals surface area contributed by atoms with Crippen molar-refractivity contribution in [1.29, 1.82) is 0 Å². The van der Waals surface area contributed by atoms with Gasteiger partial charge in [0, 0.05) is 51.6 Å². The largest absolute Gasteiger partial charge is 0.490 e. The molecule has 0 unspecified atom stereocenters. The fourth-order valence-corrected chi connectivity index (χ4v) is 3.63. The van der Waals surface area contributed by atoms with Gasteiger partial charge in [0.15, 0.2) is 5.78 Å². The fourth-order valence-electron chi connectivity index (χ4n) is 3.63. The average Bonchev–Trinajstić information content (AvgIpc) is 3.02. The normalized spacial score (nSPS) is 17.2. The van der Waals surface area contributed by atoms with Gasteiger partial charge in [0.2, 0.25) is 5.91 Å². The van der Waals surface area contributed by atoms with E-state index in [0.717, 1.165) is 57.7 Å². The zero-order chi connectivity index (χ0) is 24.6. The Morgan fingerprint density at radius 2 is 1.61 bits per heavy atom. The highest BCUT2D eigenvalue weighted by Gasteiger charge is 2.38. The molecule has 8 nitrogen and oxygen atoms in total. The van der Waals surface area contributed by atoms with E-state index >= 15 is 0 Å². The quantitative estimate of drug-likeness (QED) is 0.629. The lowest BCUT2D eigenvalue weighted by Crippen LogP contribution is -2.53. The summed E-state index contributed by atoms with van der Waals surface area (Å²) in [7, 11) is 3.90. The van der Waals surface area contributed by atoms with Crippen molar-refractivity contribution < 1.29 is 32.7 Å². The van der Waals surface area contributed by atoms with Crippen LogP contribution in [-0.4, -0.2) is 97.2 Å². The molecule has 184 valence electrons. The number of halogens is 3. The molecule has 0 atom stereocenters. The molecule has 0 spiro atoms. The first-order chi connectivity index (χ1) is 15.5. The Morgan fingerprint density at radius 3 is 2.18 bits per heavy atom. The highest BCUT2D eigenvalue weighted by molar-refractivity contribution is 5.98. The van der Waals surface area contributed by atoms with E-state index in [4.69, 9.17) is 9.90 Å². The second-order valence-corrected chi connectivity index (χ2v) is 8.13. The molecule has 11 heteroatoms. The van der Waals surface area contributed by atoms with Crippen molar-refractivity contribution in [3.8, 4) is 0 Å². The van der Waals surface area contributed by atoms with Crippen LogP contribution in [0.1, 0.15) is 34.3 Å². The number of hydrazine groups is 1. The Bertz CT molecular complexity index is 839. The van der Waals surface area contributed by atoms with Crippen LogP contribution in [0.25, 0.3) is 0 Å². The lowest BCUT2D eigenvalue weighted by molar-refractivity contribution is -0.192. The van der Waals surface area contributed by atoms with Crippen LogP contribution in [0.15, 0.2) is 18.2 Å². The van der Waals surface area contributed by atoms with Crippen molar-refractivity contribution in [1.82, 2.24) is 20.2 Å². The van der Waals surface area contributed by atoms with Gasteiger partial charge in [-0.25, -0.2) is 9.80 Å². The van der Waals surface area contributed by atoms with E-state index < -0.39 is 12.1 Å². The second kappa shape index (κ2) is 12.1. The van der Waals surface area contributed by atoms with Crippen LogP contribution in [0.5, 0.6) is 0 Å². The number of amides is 1. The molecule has 1 aromatic carbocycles. The number of aliphatic carboxylic acids is 1. The SMILES string of the molecule is CN1CCN(N(C)C(=O)CCC(=O)c2ccc3c(c2)CCNCC3)CC1.O=C(O)C(F)(F)F. The van der Waals surface area contributed by atoms with Gasteiger partial charge in [-0.15, -0.1) is 0 Å². The summed E-state index contributed by atoms with van der Waals surface area (Å²) < 4.78 is 31.7. The average molecular weight is 473 g/mol. The first-order valence-electron chi connectivity index (χ1n) is 10.8. The number of piperazine rings is 1. The second-order valence-electron chi connectivity index (χ2n) is 8.13. The number of hydrogen-bond donors (Lipinski definition) is 2. The number of alkyl halides is 3. The lowest BCUT2D eigenvalue weighted by Gasteiger charge is -2.38. The number of ketones is 1. The Morgan fingerprint density at radius 1 is 1.03 bits per heavy atom. The Labute approximate surface area is 191 Å². The molecule has 1 saturated heterocycles. The number of carbonyl (C=O) groups excluding carboxylic acids is 2. The van der Waals surface area contributed by atoms with Crippen molar-refractivity contribution in [3.63, 3.8) is 0 Å². The van der Waals surface area contributed by atoms with Crippen molar-refractivity contribution in [3.05, 3.63) is 34.9 Å².